The zero-order valence-corrected chi connectivity index (χ0v) is 10.5. The fourth-order valence-corrected chi connectivity index (χ4v) is 1.53. The standard InChI is InChI=1S/C11H14ClN3O2/c1-3-6-13-7(2)10-14-15-11(17-10)8-4-5-9(12)16-8/h4-5,7,13H,3,6H2,1-2H3. The lowest BCUT2D eigenvalue weighted by Crippen LogP contribution is -2.19. The molecule has 0 fully saturated rings. The number of furan rings is 1. The third-order valence-corrected chi connectivity index (χ3v) is 2.50. The van der Waals surface area contributed by atoms with Crippen LogP contribution in [0.2, 0.25) is 5.22 Å². The predicted octanol–water partition coefficient (Wildman–Crippen LogP) is 3.04. The average molecular weight is 256 g/mol. The fourth-order valence-electron chi connectivity index (χ4n) is 1.39. The first-order chi connectivity index (χ1) is 8.20. The van der Waals surface area contributed by atoms with Gasteiger partial charge in [0.2, 0.25) is 5.89 Å². The Balaban J connectivity index is 2.10. The number of halogens is 1. The summed E-state index contributed by atoms with van der Waals surface area (Å²) in [5, 5.41) is 11.5. The molecule has 0 amide bonds. The fraction of sp³-hybridized carbons (Fsp3) is 0.455. The van der Waals surface area contributed by atoms with Crippen molar-refractivity contribution < 1.29 is 8.83 Å². The van der Waals surface area contributed by atoms with Gasteiger partial charge in [-0.15, -0.1) is 10.2 Å². The molecule has 0 aliphatic rings. The summed E-state index contributed by atoms with van der Waals surface area (Å²) in [4.78, 5) is 0. The minimum absolute atomic E-state index is 0.0293. The number of nitrogens with one attached hydrogen (secondary N) is 1. The number of hydrogen-bond donors (Lipinski definition) is 1. The molecule has 0 aliphatic carbocycles. The van der Waals surface area contributed by atoms with E-state index in [4.69, 9.17) is 20.4 Å². The molecule has 17 heavy (non-hydrogen) atoms. The third-order valence-electron chi connectivity index (χ3n) is 2.30. The van der Waals surface area contributed by atoms with Gasteiger partial charge >= 0.3 is 0 Å². The Morgan fingerprint density at radius 3 is 2.82 bits per heavy atom. The van der Waals surface area contributed by atoms with Crippen LogP contribution < -0.4 is 5.32 Å². The quantitative estimate of drug-likeness (QED) is 0.890. The van der Waals surface area contributed by atoms with Crippen LogP contribution >= 0.6 is 11.6 Å². The van der Waals surface area contributed by atoms with E-state index in [1.165, 1.54) is 0 Å². The molecule has 0 radical (unpaired) electrons. The van der Waals surface area contributed by atoms with Gasteiger partial charge in [0.05, 0.1) is 6.04 Å². The Bertz CT molecular complexity index is 481. The van der Waals surface area contributed by atoms with E-state index in [1.54, 1.807) is 12.1 Å². The van der Waals surface area contributed by atoms with E-state index in [0.29, 0.717) is 22.8 Å². The normalized spacial score (nSPS) is 12.9. The van der Waals surface area contributed by atoms with Gasteiger partial charge in [0, 0.05) is 0 Å². The lowest BCUT2D eigenvalue weighted by molar-refractivity contribution is 0.415. The van der Waals surface area contributed by atoms with Crippen LogP contribution in [0.4, 0.5) is 0 Å². The van der Waals surface area contributed by atoms with Crippen molar-refractivity contribution in [1.82, 2.24) is 15.5 Å². The SMILES string of the molecule is CCCNC(C)c1nnc(-c2ccc(Cl)o2)o1. The molecule has 0 spiro atoms. The van der Waals surface area contributed by atoms with Crippen molar-refractivity contribution in [3.8, 4) is 11.7 Å². The first kappa shape index (κ1) is 12.1. The van der Waals surface area contributed by atoms with Gasteiger partial charge < -0.3 is 14.2 Å². The molecule has 2 aromatic heterocycles. The smallest absolute Gasteiger partial charge is 0.283 e. The summed E-state index contributed by atoms with van der Waals surface area (Å²) in [6.45, 7) is 4.98. The summed E-state index contributed by atoms with van der Waals surface area (Å²) in [6, 6.07) is 3.37. The molecule has 92 valence electrons. The second kappa shape index (κ2) is 5.33. The van der Waals surface area contributed by atoms with Crippen LogP contribution in [0.1, 0.15) is 32.2 Å². The Morgan fingerprint density at radius 2 is 2.18 bits per heavy atom. The maximum atomic E-state index is 5.68. The van der Waals surface area contributed by atoms with Crippen LogP contribution in [0.15, 0.2) is 21.0 Å². The highest BCUT2D eigenvalue weighted by molar-refractivity contribution is 6.28. The molecular weight excluding hydrogens is 242 g/mol. The van der Waals surface area contributed by atoms with Crippen LogP contribution in [-0.4, -0.2) is 16.7 Å². The van der Waals surface area contributed by atoms with E-state index in [9.17, 15) is 0 Å². The number of rotatable bonds is 5. The van der Waals surface area contributed by atoms with Crippen molar-refractivity contribution in [2.75, 3.05) is 6.54 Å². The van der Waals surface area contributed by atoms with E-state index < -0.39 is 0 Å². The van der Waals surface area contributed by atoms with E-state index in [1.807, 2.05) is 6.92 Å². The molecule has 0 aromatic carbocycles. The Labute approximate surface area is 104 Å². The first-order valence-corrected chi connectivity index (χ1v) is 5.91. The monoisotopic (exact) mass is 255 g/mol. The molecular formula is C11H14ClN3O2. The Kier molecular flexibility index (Phi) is 3.81. The molecule has 6 heteroatoms. The van der Waals surface area contributed by atoms with Crippen LogP contribution in [-0.2, 0) is 0 Å². The molecule has 5 nitrogen and oxygen atoms in total. The summed E-state index contributed by atoms with van der Waals surface area (Å²) < 4.78 is 10.7. The van der Waals surface area contributed by atoms with Crippen molar-refractivity contribution in [1.29, 1.82) is 0 Å². The van der Waals surface area contributed by atoms with E-state index in [0.717, 1.165) is 13.0 Å². The van der Waals surface area contributed by atoms with E-state index in [2.05, 4.69) is 22.4 Å². The van der Waals surface area contributed by atoms with Gasteiger partial charge in [0.1, 0.15) is 0 Å². The van der Waals surface area contributed by atoms with Gasteiger partial charge in [-0.2, -0.15) is 0 Å². The molecule has 0 bridgehead atoms. The van der Waals surface area contributed by atoms with Gasteiger partial charge in [-0.1, -0.05) is 6.92 Å². The second-order valence-electron chi connectivity index (χ2n) is 3.73. The molecule has 2 heterocycles. The van der Waals surface area contributed by atoms with E-state index >= 15 is 0 Å². The summed E-state index contributed by atoms with van der Waals surface area (Å²) in [5.41, 5.74) is 0. The second-order valence-corrected chi connectivity index (χ2v) is 4.10. The van der Waals surface area contributed by atoms with Crippen molar-refractivity contribution >= 4 is 11.6 Å². The first-order valence-electron chi connectivity index (χ1n) is 5.53. The van der Waals surface area contributed by atoms with E-state index in [-0.39, 0.29) is 6.04 Å². The molecule has 1 atom stereocenters. The molecule has 0 saturated carbocycles. The number of hydrogen-bond acceptors (Lipinski definition) is 5. The van der Waals surface area contributed by atoms with Crippen LogP contribution in [0.25, 0.3) is 11.7 Å². The number of nitrogens with zero attached hydrogens (tertiary/aromatic N) is 2. The Hall–Kier alpha value is -1.33. The van der Waals surface area contributed by atoms with Crippen molar-refractivity contribution in [3.05, 3.63) is 23.2 Å². The summed E-state index contributed by atoms with van der Waals surface area (Å²) in [6.07, 6.45) is 1.05. The maximum Gasteiger partial charge on any atom is 0.283 e. The molecule has 2 aromatic rings. The molecule has 1 N–H and O–H groups in total. The van der Waals surface area contributed by atoms with Gasteiger partial charge in [0.25, 0.3) is 5.89 Å². The lowest BCUT2D eigenvalue weighted by atomic mass is 10.3. The van der Waals surface area contributed by atoms with Gasteiger partial charge in [-0.25, -0.2) is 0 Å². The molecule has 0 aliphatic heterocycles. The average Bonchev–Trinajstić information content (AvgIpc) is 2.93. The van der Waals surface area contributed by atoms with Gasteiger partial charge in [0.15, 0.2) is 11.0 Å². The number of aromatic nitrogens is 2. The van der Waals surface area contributed by atoms with Crippen LogP contribution in [0.3, 0.4) is 0 Å². The van der Waals surface area contributed by atoms with Gasteiger partial charge in [-0.05, 0) is 43.6 Å². The minimum atomic E-state index is 0.0293. The Morgan fingerprint density at radius 1 is 1.35 bits per heavy atom. The highest BCUT2D eigenvalue weighted by Crippen LogP contribution is 2.24. The van der Waals surface area contributed by atoms with Crippen LogP contribution in [0.5, 0.6) is 0 Å². The van der Waals surface area contributed by atoms with Crippen molar-refractivity contribution in [2.24, 2.45) is 0 Å². The highest BCUT2D eigenvalue weighted by Gasteiger charge is 2.16. The summed E-state index contributed by atoms with van der Waals surface area (Å²) >= 11 is 5.68. The maximum absolute atomic E-state index is 5.68. The largest absolute Gasteiger partial charge is 0.440 e. The third kappa shape index (κ3) is 2.87. The topological polar surface area (TPSA) is 64.1 Å². The summed E-state index contributed by atoms with van der Waals surface area (Å²) in [5.74, 6) is 1.37. The molecule has 2 rings (SSSR count). The zero-order chi connectivity index (χ0) is 12.3. The van der Waals surface area contributed by atoms with Crippen molar-refractivity contribution in [3.63, 3.8) is 0 Å². The van der Waals surface area contributed by atoms with Crippen molar-refractivity contribution in [2.45, 2.75) is 26.3 Å². The lowest BCUT2D eigenvalue weighted by Gasteiger charge is -2.07. The predicted molar refractivity (Wildman–Crippen MR) is 63.7 cm³/mol. The molecule has 1 unspecified atom stereocenters. The molecule has 0 saturated heterocycles. The summed E-state index contributed by atoms with van der Waals surface area (Å²) in [7, 11) is 0. The highest BCUT2D eigenvalue weighted by atomic mass is 35.5. The van der Waals surface area contributed by atoms with Crippen LogP contribution in [0, 0.1) is 0 Å². The van der Waals surface area contributed by atoms with Gasteiger partial charge in [-0.3, -0.25) is 0 Å². The minimum Gasteiger partial charge on any atom is -0.440 e. The zero-order valence-electron chi connectivity index (χ0n) is 9.74.